The zero-order valence-electron chi connectivity index (χ0n) is 22.0. The number of carbonyl (C=O) groups excluding carboxylic acids is 1. The Morgan fingerprint density at radius 2 is 1.82 bits per heavy atom. The Kier molecular flexibility index (Phi) is 6.97. The molecule has 0 unspecified atom stereocenters. The topological polar surface area (TPSA) is 91.5 Å². The van der Waals surface area contributed by atoms with Crippen LogP contribution >= 0.6 is 0 Å². The number of anilines is 3. The number of allylic oxidation sites excluding steroid dienone is 1. The minimum atomic E-state index is -0.229. The fourth-order valence-corrected chi connectivity index (χ4v) is 4.62. The minimum Gasteiger partial charge on any atom is -0.369 e. The number of carbonyl (C=O) groups is 1. The van der Waals surface area contributed by atoms with Gasteiger partial charge in [0.25, 0.3) is 11.5 Å². The van der Waals surface area contributed by atoms with Gasteiger partial charge in [-0.2, -0.15) is 4.98 Å². The van der Waals surface area contributed by atoms with Crippen LogP contribution in [0.5, 0.6) is 0 Å². The van der Waals surface area contributed by atoms with Gasteiger partial charge in [-0.05, 0) is 49.5 Å². The molecule has 0 bridgehead atoms. The molecule has 2 aromatic carbocycles. The molecule has 10 nitrogen and oxygen atoms in total. The van der Waals surface area contributed by atoms with Crippen LogP contribution in [0.2, 0.25) is 0 Å². The molecule has 1 saturated heterocycles. The summed E-state index contributed by atoms with van der Waals surface area (Å²) in [4.78, 5) is 41.2. The van der Waals surface area contributed by atoms with Crippen molar-refractivity contribution in [1.29, 1.82) is 0 Å². The van der Waals surface area contributed by atoms with Gasteiger partial charge in [0, 0.05) is 63.4 Å². The minimum absolute atomic E-state index is 0.127. The molecule has 196 valence electrons. The summed E-state index contributed by atoms with van der Waals surface area (Å²) in [5, 5.41) is 3.64. The number of hydrogen-bond acceptors (Lipinski definition) is 7. The Labute approximate surface area is 221 Å². The quantitative estimate of drug-likeness (QED) is 0.381. The van der Waals surface area contributed by atoms with E-state index in [1.165, 1.54) is 16.8 Å². The van der Waals surface area contributed by atoms with Gasteiger partial charge in [-0.25, -0.2) is 14.3 Å². The van der Waals surface area contributed by atoms with Crippen molar-refractivity contribution in [3.8, 4) is 5.69 Å². The molecular weight excluding hydrogens is 480 g/mol. The molecule has 1 aliphatic rings. The number of benzene rings is 2. The monoisotopic (exact) mass is 512 g/mol. The van der Waals surface area contributed by atoms with Crippen LogP contribution in [0.1, 0.15) is 10.4 Å². The van der Waals surface area contributed by atoms with Gasteiger partial charge in [0.2, 0.25) is 5.95 Å². The summed E-state index contributed by atoms with van der Waals surface area (Å²) in [7, 11) is 5.55. The van der Waals surface area contributed by atoms with E-state index in [1.54, 1.807) is 47.7 Å². The molecular formula is C28H32N8O2. The number of hydrogen-bond donors (Lipinski definition) is 1. The fraction of sp³-hybridized carbons (Fsp3) is 0.286. The number of nitrogens with one attached hydrogen (secondary N) is 1. The van der Waals surface area contributed by atoms with Gasteiger partial charge in [-0.15, -0.1) is 6.58 Å². The van der Waals surface area contributed by atoms with Gasteiger partial charge in [0.05, 0.1) is 12.2 Å². The van der Waals surface area contributed by atoms with E-state index in [0.717, 1.165) is 31.9 Å². The predicted octanol–water partition coefficient (Wildman–Crippen LogP) is 2.97. The number of aromatic nitrogens is 4. The van der Waals surface area contributed by atoms with Crippen LogP contribution in [-0.4, -0.2) is 82.4 Å². The van der Waals surface area contributed by atoms with Crippen molar-refractivity contribution in [2.75, 3.05) is 57.5 Å². The summed E-state index contributed by atoms with van der Waals surface area (Å²) in [5.74, 6) is 0.243. The van der Waals surface area contributed by atoms with Crippen LogP contribution in [0.25, 0.3) is 16.7 Å². The van der Waals surface area contributed by atoms with E-state index in [1.807, 2.05) is 18.2 Å². The van der Waals surface area contributed by atoms with Crippen molar-refractivity contribution in [2.45, 2.75) is 6.54 Å². The third-order valence-electron chi connectivity index (χ3n) is 6.71. The molecule has 2 aromatic heterocycles. The highest BCUT2D eigenvalue weighted by Crippen LogP contribution is 2.23. The lowest BCUT2D eigenvalue weighted by Crippen LogP contribution is -2.44. The number of nitrogens with zero attached hydrogens (tertiary/aromatic N) is 7. The van der Waals surface area contributed by atoms with Crippen LogP contribution in [0.4, 0.5) is 17.3 Å². The molecule has 4 aromatic rings. The normalized spacial score (nSPS) is 14.0. The fourth-order valence-electron chi connectivity index (χ4n) is 4.62. The van der Waals surface area contributed by atoms with Gasteiger partial charge >= 0.3 is 0 Å². The summed E-state index contributed by atoms with van der Waals surface area (Å²) in [6, 6.07) is 15.3. The van der Waals surface area contributed by atoms with Gasteiger partial charge in [0.1, 0.15) is 5.39 Å². The van der Waals surface area contributed by atoms with Crippen molar-refractivity contribution in [3.05, 3.63) is 83.3 Å². The van der Waals surface area contributed by atoms with Gasteiger partial charge < -0.3 is 20.0 Å². The summed E-state index contributed by atoms with van der Waals surface area (Å²) >= 11 is 0. The number of rotatable bonds is 7. The highest BCUT2D eigenvalue weighted by atomic mass is 16.2. The molecule has 0 atom stereocenters. The molecule has 1 fully saturated rings. The van der Waals surface area contributed by atoms with Crippen LogP contribution in [0, 0.1) is 0 Å². The highest BCUT2D eigenvalue weighted by molar-refractivity contribution is 5.94. The standard InChI is InChI=1S/C28H32N8O2/c1-5-13-35-27(38)24-19-29-28(30-21-9-11-22(12-10-21)34-16-14-33(4)15-17-34)31-25(24)36(35)23-8-6-7-20(18-23)26(37)32(2)3/h5-12,18-19H,1,13-17H2,2-4H3,(H,29,30,31). The second-order valence-electron chi connectivity index (χ2n) is 9.63. The number of piperazine rings is 1. The Bertz CT molecular complexity index is 1530. The molecule has 3 heterocycles. The molecule has 5 rings (SSSR count). The van der Waals surface area contributed by atoms with Crippen molar-refractivity contribution in [3.63, 3.8) is 0 Å². The van der Waals surface area contributed by atoms with Gasteiger partial charge in [-0.3, -0.25) is 9.59 Å². The zero-order valence-corrected chi connectivity index (χ0v) is 22.0. The van der Waals surface area contributed by atoms with E-state index in [0.29, 0.717) is 28.2 Å². The average molecular weight is 513 g/mol. The number of fused-ring (bicyclic) bond motifs is 1. The average Bonchev–Trinajstić information content (AvgIpc) is 3.20. The first-order chi connectivity index (χ1) is 18.4. The Morgan fingerprint density at radius 3 is 2.50 bits per heavy atom. The second kappa shape index (κ2) is 10.5. The first-order valence-corrected chi connectivity index (χ1v) is 12.6. The van der Waals surface area contributed by atoms with Crippen molar-refractivity contribution >= 4 is 34.3 Å². The molecule has 0 aliphatic carbocycles. The summed E-state index contributed by atoms with van der Waals surface area (Å²) < 4.78 is 3.26. The molecule has 0 saturated carbocycles. The molecule has 0 spiro atoms. The van der Waals surface area contributed by atoms with Crippen molar-refractivity contribution < 1.29 is 4.79 Å². The van der Waals surface area contributed by atoms with Crippen molar-refractivity contribution in [2.24, 2.45) is 0 Å². The lowest BCUT2D eigenvalue weighted by molar-refractivity contribution is 0.0827. The predicted molar refractivity (Wildman–Crippen MR) is 151 cm³/mol. The van der Waals surface area contributed by atoms with E-state index in [4.69, 9.17) is 4.98 Å². The second-order valence-corrected chi connectivity index (χ2v) is 9.63. The first-order valence-electron chi connectivity index (χ1n) is 12.6. The van der Waals surface area contributed by atoms with Crippen molar-refractivity contribution in [1.82, 2.24) is 29.1 Å². The Hall–Kier alpha value is -4.44. The maximum atomic E-state index is 13.2. The Morgan fingerprint density at radius 1 is 1.08 bits per heavy atom. The smallest absolute Gasteiger partial charge is 0.278 e. The summed E-state index contributed by atoms with van der Waals surface area (Å²) in [6.45, 7) is 8.18. The zero-order chi connectivity index (χ0) is 26.8. The van der Waals surface area contributed by atoms with E-state index in [9.17, 15) is 9.59 Å². The van der Waals surface area contributed by atoms with E-state index >= 15 is 0 Å². The van der Waals surface area contributed by atoms with Crippen LogP contribution in [-0.2, 0) is 6.54 Å². The number of likely N-dealkylation sites (N-methyl/N-ethyl adjacent to an activating group) is 1. The third-order valence-corrected chi connectivity index (χ3v) is 6.71. The number of amides is 1. The Balaban J connectivity index is 1.49. The maximum Gasteiger partial charge on any atom is 0.278 e. The van der Waals surface area contributed by atoms with Crippen LogP contribution in [0.15, 0.2) is 72.2 Å². The molecule has 1 N–H and O–H groups in total. The first kappa shape index (κ1) is 25.2. The molecule has 1 aliphatic heterocycles. The third kappa shape index (κ3) is 4.90. The largest absolute Gasteiger partial charge is 0.369 e. The van der Waals surface area contributed by atoms with E-state index < -0.39 is 0 Å². The van der Waals surface area contributed by atoms with E-state index in [2.05, 4.69) is 45.9 Å². The SMILES string of the molecule is C=CCn1c(=O)c2cnc(Nc3ccc(N4CCN(C)CC4)cc3)nc2n1-c1cccc(C(=O)N(C)C)c1. The molecule has 10 heteroatoms. The summed E-state index contributed by atoms with van der Waals surface area (Å²) in [6.07, 6.45) is 3.19. The maximum absolute atomic E-state index is 13.2. The highest BCUT2D eigenvalue weighted by Gasteiger charge is 2.19. The summed E-state index contributed by atoms with van der Waals surface area (Å²) in [5.41, 5.74) is 3.40. The lowest BCUT2D eigenvalue weighted by atomic mass is 10.2. The molecule has 1 amide bonds. The van der Waals surface area contributed by atoms with Gasteiger partial charge in [-0.1, -0.05) is 12.1 Å². The molecule has 0 radical (unpaired) electrons. The lowest BCUT2D eigenvalue weighted by Gasteiger charge is -2.34. The van der Waals surface area contributed by atoms with E-state index in [-0.39, 0.29) is 18.0 Å². The van der Waals surface area contributed by atoms with Gasteiger partial charge in [0.15, 0.2) is 5.65 Å². The van der Waals surface area contributed by atoms with Crippen LogP contribution < -0.4 is 15.8 Å². The molecule has 38 heavy (non-hydrogen) atoms. The van der Waals surface area contributed by atoms with Crippen LogP contribution in [0.3, 0.4) is 0 Å².